The third-order valence-corrected chi connectivity index (χ3v) is 4.53. The predicted molar refractivity (Wildman–Crippen MR) is 117 cm³/mol. The van der Waals surface area contributed by atoms with Crippen LogP contribution in [-0.4, -0.2) is 56.4 Å². The molecule has 2 aromatic rings. The van der Waals surface area contributed by atoms with Crippen molar-refractivity contribution in [3.8, 4) is 0 Å². The molecule has 0 radical (unpaired) electrons. The summed E-state index contributed by atoms with van der Waals surface area (Å²) in [4.78, 5) is 15.3. The molecule has 1 N–H and O–H groups in total. The second-order valence-corrected chi connectivity index (χ2v) is 6.50. The maximum atomic E-state index is 10.5. The Morgan fingerprint density at radius 3 is 2.04 bits per heavy atom. The first-order valence-corrected chi connectivity index (χ1v) is 9.81. The van der Waals surface area contributed by atoms with Crippen LogP contribution in [0.2, 0.25) is 0 Å². The average molecular weight is 370 g/mol. The molecule has 0 saturated carbocycles. The van der Waals surface area contributed by atoms with E-state index in [-0.39, 0.29) is 0 Å². The normalized spacial score (nSPS) is 14.3. The van der Waals surface area contributed by atoms with Gasteiger partial charge in [-0.25, -0.2) is 0 Å². The van der Waals surface area contributed by atoms with E-state index in [1.807, 2.05) is 57.3 Å². The predicted octanol–water partition coefficient (Wildman–Crippen LogP) is 4.31. The summed E-state index contributed by atoms with van der Waals surface area (Å²) in [6.07, 6.45) is 0.889. The van der Waals surface area contributed by atoms with E-state index in [2.05, 4.69) is 41.2 Å². The fourth-order valence-electron chi connectivity index (χ4n) is 2.82. The summed E-state index contributed by atoms with van der Waals surface area (Å²) >= 11 is 0. The summed E-state index contributed by atoms with van der Waals surface area (Å²) < 4.78 is 0. The number of anilines is 1. The number of carbonyl (C=O) groups is 1. The molecule has 1 fully saturated rings. The molecular weight excluding hydrogens is 334 g/mol. The van der Waals surface area contributed by atoms with Crippen molar-refractivity contribution < 1.29 is 4.79 Å². The van der Waals surface area contributed by atoms with Crippen molar-refractivity contribution in [3.63, 3.8) is 0 Å². The van der Waals surface area contributed by atoms with Gasteiger partial charge in [-0.15, -0.1) is 0 Å². The molecule has 1 saturated heterocycles. The quantitative estimate of drug-likeness (QED) is 0.815. The van der Waals surface area contributed by atoms with E-state index in [0.29, 0.717) is 0 Å². The van der Waals surface area contributed by atoms with E-state index in [4.69, 9.17) is 0 Å². The number of piperazine rings is 1. The molecule has 0 atom stereocenters. The Balaban J connectivity index is 0.000000282. The van der Waals surface area contributed by atoms with Gasteiger partial charge in [0.1, 0.15) is 6.29 Å². The fourth-order valence-corrected chi connectivity index (χ4v) is 2.82. The number of benzene rings is 2. The largest absolute Gasteiger partial charge is 0.388 e. The molecular formula is C23H35N3O. The van der Waals surface area contributed by atoms with Gasteiger partial charge in [-0.3, -0.25) is 9.69 Å². The minimum atomic E-state index is 0.752. The summed E-state index contributed by atoms with van der Waals surface area (Å²) in [7, 11) is 4.10. The lowest BCUT2D eigenvalue weighted by atomic mass is 10.1. The minimum absolute atomic E-state index is 0.752. The van der Waals surface area contributed by atoms with Crippen LogP contribution in [-0.2, 0) is 6.54 Å². The van der Waals surface area contributed by atoms with Gasteiger partial charge in [0.15, 0.2) is 0 Å². The van der Waals surface area contributed by atoms with Gasteiger partial charge < -0.3 is 10.2 Å². The highest BCUT2D eigenvalue weighted by molar-refractivity contribution is 5.74. The van der Waals surface area contributed by atoms with Gasteiger partial charge >= 0.3 is 0 Å². The molecule has 148 valence electrons. The van der Waals surface area contributed by atoms with Crippen LogP contribution in [0.15, 0.2) is 48.5 Å². The SMILES string of the molecule is CC.CN1CCN(Cc2ccc(C=O)cc2)CC1.CNc1ccccc1C. The summed E-state index contributed by atoms with van der Waals surface area (Å²) in [5.41, 5.74) is 4.54. The number of nitrogens with one attached hydrogen (secondary N) is 1. The molecule has 0 bridgehead atoms. The van der Waals surface area contributed by atoms with Crippen LogP contribution in [0.5, 0.6) is 0 Å². The van der Waals surface area contributed by atoms with Crippen molar-refractivity contribution in [1.82, 2.24) is 9.80 Å². The smallest absolute Gasteiger partial charge is 0.150 e. The van der Waals surface area contributed by atoms with Gasteiger partial charge in [0.25, 0.3) is 0 Å². The van der Waals surface area contributed by atoms with Crippen molar-refractivity contribution >= 4 is 12.0 Å². The fraction of sp³-hybridized carbons (Fsp3) is 0.435. The van der Waals surface area contributed by atoms with E-state index in [1.165, 1.54) is 16.8 Å². The first kappa shape index (κ1) is 22.9. The van der Waals surface area contributed by atoms with Gasteiger partial charge in [-0.05, 0) is 31.2 Å². The Hall–Kier alpha value is -2.17. The average Bonchev–Trinajstić information content (AvgIpc) is 2.73. The molecule has 0 aromatic heterocycles. The molecule has 4 nitrogen and oxygen atoms in total. The number of hydrogen-bond acceptors (Lipinski definition) is 4. The van der Waals surface area contributed by atoms with Crippen molar-refractivity contribution in [1.29, 1.82) is 0 Å². The Labute approximate surface area is 165 Å². The third kappa shape index (κ3) is 8.37. The zero-order valence-corrected chi connectivity index (χ0v) is 17.5. The second kappa shape index (κ2) is 13.1. The first-order chi connectivity index (χ1) is 13.1. The van der Waals surface area contributed by atoms with Gasteiger partial charge in [0, 0.05) is 51.0 Å². The van der Waals surface area contributed by atoms with Gasteiger partial charge in [0.05, 0.1) is 0 Å². The van der Waals surface area contributed by atoms with Crippen molar-refractivity contribution in [3.05, 3.63) is 65.2 Å². The standard InChI is InChI=1S/C13H18N2O.C8H11N.C2H6/c1-14-6-8-15(9-7-14)10-12-2-4-13(11-16)5-3-12;1-7-5-3-4-6-8(7)9-2;1-2/h2-5,11H,6-10H2,1H3;3-6,9H,1-2H3;1-2H3. The van der Waals surface area contributed by atoms with Gasteiger partial charge in [-0.2, -0.15) is 0 Å². The van der Waals surface area contributed by atoms with Crippen LogP contribution >= 0.6 is 0 Å². The number of aryl methyl sites for hydroxylation is 1. The number of rotatable bonds is 4. The van der Waals surface area contributed by atoms with Crippen molar-refractivity contribution in [2.24, 2.45) is 0 Å². The van der Waals surface area contributed by atoms with Crippen LogP contribution in [0.4, 0.5) is 5.69 Å². The molecule has 0 aliphatic carbocycles. The van der Waals surface area contributed by atoms with Crippen LogP contribution in [0.1, 0.15) is 35.3 Å². The summed E-state index contributed by atoms with van der Waals surface area (Å²) in [5, 5.41) is 3.10. The minimum Gasteiger partial charge on any atom is -0.388 e. The lowest BCUT2D eigenvalue weighted by Crippen LogP contribution is -2.43. The van der Waals surface area contributed by atoms with E-state index in [9.17, 15) is 4.79 Å². The Morgan fingerprint density at radius 2 is 1.56 bits per heavy atom. The highest BCUT2D eigenvalue weighted by Crippen LogP contribution is 2.11. The number of carbonyl (C=O) groups excluding carboxylic acids is 1. The van der Waals surface area contributed by atoms with Crippen molar-refractivity contribution in [2.75, 3.05) is 45.6 Å². The Bertz CT molecular complexity index is 647. The third-order valence-electron chi connectivity index (χ3n) is 4.53. The number of likely N-dealkylation sites (N-methyl/N-ethyl adjacent to an activating group) is 1. The van der Waals surface area contributed by atoms with E-state index in [0.717, 1.165) is 44.6 Å². The molecule has 0 spiro atoms. The van der Waals surface area contributed by atoms with Crippen LogP contribution in [0, 0.1) is 6.92 Å². The number of para-hydroxylation sites is 1. The first-order valence-electron chi connectivity index (χ1n) is 9.81. The Morgan fingerprint density at radius 1 is 0.963 bits per heavy atom. The molecule has 0 amide bonds. The number of nitrogens with zero attached hydrogens (tertiary/aromatic N) is 2. The van der Waals surface area contributed by atoms with Gasteiger partial charge in [-0.1, -0.05) is 56.3 Å². The molecule has 0 unspecified atom stereocenters. The molecule has 27 heavy (non-hydrogen) atoms. The topological polar surface area (TPSA) is 35.6 Å². The van der Waals surface area contributed by atoms with E-state index in [1.54, 1.807) is 0 Å². The lowest BCUT2D eigenvalue weighted by Gasteiger charge is -2.32. The summed E-state index contributed by atoms with van der Waals surface area (Å²) in [5.74, 6) is 0. The lowest BCUT2D eigenvalue weighted by molar-refractivity contribution is 0.112. The second-order valence-electron chi connectivity index (χ2n) is 6.50. The molecule has 4 heteroatoms. The van der Waals surface area contributed by atoms with Crippen LogP contribution in [0.3, 0.4) is 0 Å². The van der Waals surface area contributed by atoms with Crippen molar-refractivity contribution in [2.45, 2.75) is 27.3 Å². The highest BCUT2D eigenvalue weighted by atomic mass is 16.1. The van der Waals surface area contributed by atoms with Crippen LogP contribution < -0.4 is 5.32 Å². The van der Waals surface area contributed by atoms with E-state index >= 15 is 0 Å². The monoisotopic (exact) mass is 369 g/mol. The molecule has 1 heterocycles. The molecule has 2 aromatic carbocycles. The van der Waals surface area contributed by atoms with Crippen LogP contribution in [0.25, 0.3) is 0 Å². The number of aldehydes is 1. The summed E-state index contributed by atoms with van der Waals surface area (Å²) in [6.45, 7) is 11.6. The zero-order chi connectivity index (χ0) is 20.1. The molecule has 1 aliphatic heterocycles. The summed E-state index contributed by atoms with van der Waals surface area (Å²) in [6, 6.07) is 16.1. The maximum absolute atomic E-state index is 10.5. The Kier molecular flexibility index (Phi) is 11.1. The number of hydrogen-bond donors (Lipinski definition) is 1. The zero-order valence-electron chi connectivity index (χ0n) is 17.5. The van der Waals surface area contributed by atoms with E-state index < -0.39 is 0 Å². The van der Waals surface area contributed by atoms with Gasteiger partial charge in [0.2, 0.25) is 0 Å². The molecule has 3 rings (SSSR count). The highest BCUT2D eigenvalue weighted by Gasteiger charge is 2.13. The molecule has 1 aliphatic rings. The maximum Gasteiger partial charge on any atom is 0.150 e.